The molecule has 1 nitrogen and oxygen atoms in total. The molecule has 3 heteroatoms. The molecule has 2 N–H and O–H groups in total. The molecule has 0 heterocycles. The average molecular weight is 230 g/mol. The fourth-order valence-corrected chi connectivity index (χ4v) is 1.54. The van der Waals surface area contributed by atoms with Gasteiger partial charge in [0.15, 0.2) is 0 Å². The Balaban J connectivity index is 2.65. The van der Waals surface area contributed by atoms with Gasteiger partial charge >= 0.3 is 0 Å². The van der Waals surface area contributed by atoms with E-state index >= 15 is 0 Å². The van der Waals surface area contributed by atoms with E-state index in [-0.39, 0.29) is 11.1 Å². The number of hydrogen-bond acceptors (Lipinski definition) is 1. The SMILES string of the molecule is CC(C)CC[C@H](N)c1ccc(Cl)c(F)c1. The van der Waals surface area contributed by atoms with E-state index in [1.807, 2.05) is 0 Å². The normalized spacial score (nSPS) is 13.2. The highest BCUT2D eigenvalue weighted by molar-refractivity contribution is 6.30. The smallest absolute Gasteiger partial charge is 0.142 e. The summed E-state index contributed by atoms with van der Waals surface area (Å²) in [6.07, 6.45) is 1.92. The molecule has 15 heavy (non-hydrogen) atoms. The highest BCUT2D eigenvalue weighted by atomic mass is 35.5. The number of benzene rings is 1. The van der Waals surface area contributed by atoms with Gasteiger partial charge in [-0.25, -0.2) is 4.39 Å². The van der Waals surface area contributed by atoms with Crippen LogP contribution in [0.15, 0.2) is 18.2 Å². The van der Waals surface area contributed by atoms with Crippen LogP contribution in [0.5, 0.6) is 0 Å². The Morgan fingerprint density at radius 2 is 2.00 bits per heavy atom. The monoisotopic (exact) mass is 229 g/mol. The highest BCUT2D eigenvalue weighted by Crippen LogP contribution is 2.22. The third-order valence-corrected chi connectivity index (χ3v) is 2.73. The van der Waals surface area contributed by atoms with E-state index in [4.69, 9.17) is 17.3 Å². The van der Waals surface area contributed by atoms with E-state index in [0.29, 0.717) is 5.92 Å². The van der Waals surface area contributed by atoms with Gasteiger partial charge in [0.25, 0.3) is 0 Å². The van der Waals surface area contributed by atoms with Gasteiger partial charge in [0, 0.05) is 6.04 Å². The molecule has 0 saturated heterocycles. The summed E-state index contributed by atoms with van der Waals surface area (Å²) in [4.78, 5) is 0. The first-order valence-corrected chi connectivity index (χ1v) is 5.59. The molecule has 1 rings (SSSR count). The van der Waals surface area contributed by atoms with Crippen molar-refractivity contribution in [3.05, 3.63) is 34.6 Å². The van der Waals surface area contributed by atoms with E-state index in [9.17, 15) is 4.39 Å². The van der Waals surface area contributed by atoms with Gasteiger partial charge in [-0.3, -0.25) is 0 Å². The zero-order valence-electron chi connectivity index (χ0n) is 9.13. The van der Waals surface area contributed by atoms with E-state index < -0.39 is 5.82 Å². The Morgan fingerprint density at radius 3 is 2.53 bits per heavy atom. The van der Waals surface area contributed by atoms with Gasteiger partial charge in [0.2, 0.25) is 0 Å². The summed E-state index contributed by atoms with van der Waals surface area (Å²) in [5, 5.41) is 0.148. The van der Waals surface area contributed by atoms with Crippen LogP contribution in [-0.2, 0) is 0 Å². The Bertz CT molecular complexity index is 325. The minimum atomic E-state index is -0.394. The summed E-state index contributed by atoms with van der Waals surface area (Å²) in [6.45, 7) is 4.30. The maximum Gasteiger partial charge on any atom is 0.142 e. The average Bonchev–Trinajstić information content (AvgIpc) is 2.18. The number of nitrogens with two attached hydrogens (primary N) is 1. The molecule has 1 aromatic rings. The number of hydrogen-bond donors (Lipinski definition) is 1. The lowest BCUT2D eigenvalue weighted by Crippen LogP contribution is -2.11. The molecule has 0 amide bonds. The molecule has 1 aromatic carbocycles. The van der Waals surface area contributed by atoms with Crippen LogP contribution in [0.1, 0.15) is 38.3 Å². The Hall–Kier alpha value is -0.600. The van der Waals surface area contributed by atoms with Crippen LogP contribution in [-0.4, -0.2) is 0 Å². The Labute approximate surface area is 95.4 Å². The molecule has 84 valence electrons. The molecule has 0 aliphatic carbocycles. The van der Waals surface area contributed by atoms with Crippen molar-refractivity contribution in [3.63, 3.8) is 0 Å². The molecular formula is C12H17ClFN. The minimum absolute atomic E-state index is 0.0980. The van der Waals surface area contributed by atoms with Gasteiger partial charge in [-0.2, -0.15) is 0 Å². The fraction of sp³-hybridized carbons (Fsp3) is 0.500. The van der Waals surface area contributed by atoms with Crippen molar-refractivity contribution >= 4 is 11.6 Å². The first-order valence-electron chi connectivity index (χ1n) is 5.21. The molecule has 0 saturated carbocycles. The molecule has 0 fully saturated rings. The van der Waals surface area contributed by atoms with Crippen molar-refractivity contribution in [1.82, 2.24) is 0 Å². The largest absolute Gasteiger partial charge is 0.324 e. The van der Waals surface area contributed by atoms with Gasteiger partial charge in [0.1, 0.15) is 5.82 Å². The first-order chi connectivity index (χ1) is 7.00. The van der Waals surface area contributed by atoms with E-state index in [1.165, 1.54) is 6.07 Å². The summed E-state index contributed by atoms with van der Waals surface area (Å²) >= 11 is 5.60. The zero-order valence-corrected chi connectivity index (χ0v) is 9.89. The van der Waals surface area contributed by atoms with Gasteiger partial charge < -0.3 is 5.73 Å². The molecule has 0 bridgehead atoms. The second-order valence-electron chi connectivity index (χ2n) is 4.25. The Kier molecular flexibility index (Phi) is 4.55. The number of halogens is 2. The van der Waals surface area contributed by atoms with E-state index in [0.717, 1.165) is 18.4 Å². The highest BCUT2D eigenvalue weighted by Gasteiger charge is 2.09. The van der Waals surface area contributed by atoms with Crippen molar-refractivity contribution in [3.8, 4) is 0 Å². The second kappa shape index (κ2) is 5.47. The predicted octanol–water partition coefficient (Wildman–Crippen LogP) is 3.92. The minimum Gasteiger partial charge on any atom is -0.324 e. The van der Waals surface area contributed by atoms with E-state index in [1.54, 1.807) is 12.1 Å². The molecule has 0 aromatic heterocycles. The molecule has 0 radical (unpaired) electrons. The molecular weight excluding hydrogens is 213 g/mol. The van der Waals surface area contributed by atoms with Crippen LogP contribution in [0.2, 0.25) is 5.02 Å². The topological polar surface area (TPSA) is 26.0 Å². The molecule has 0 unspecified atom stereocenters. The first kappa shape index (κ1) is 12.5. The summed E-state index contributed by atoms with van der Waals surface area (Å²) < 4.78 is 13.2. The van der Waals surface area contributed by atoms with Crippen LogP contribution in [0.3, 0.4) is 0 Å². The van der Waals surface area contributed by atoms with Crippen LogP contribution < -0.4 is 5.73 Å². The third kappa shape index (κ3) is 3.80. The summed E-state index contributed by atoms with van der Waals surface area (Å²) in [6, 6.07) is 4.67. The van der Waals surface area contributed by atoms with Crippen LogP contribution in [0, 0.1) is 11.7 Å². The lowest BCUT2D eigenvalue weighted by atomic mass is 9.98. The van der Waals surface area contributed by atoms with Crippen molar-refractivity contribution < 1.29 is 4.39 Å². The summed E-state index contributed by atoms with van der Waals surface area (Å²) in [5.74, 6) is 0.224. The lowest BCUT2D eigenvalue weighted by molar-refractivity contribution is 0.505. The maximum absolute atomic E-state index is 13.2. The van der Waals surface area contributed by atoms with Crippen LogP contribution in [0.4, 0.5) is 4.39 Å². The van der Waals surface area contributed by atoms with Crippen molar-refractivity contribution in [1.29, 1.82) is 0 Å². The molecule has 1 atom stereocenters. The van der Waals surface area contributed by atoms with Gasteiger partial charge in [-0.05, 0) is 36.5 Å². The maximum atomic E-state index is 13.2. The van der Waals surface area contributed by atoms with Crippen LogP contribution >= 0.6 is 11.6 Å². The molecule has 0 aliphatic heterocycles. The lowest BCUT2D eigenvalue weighted by Gasteiger charge is -2.13. The van der Waals surface area contributed by atoms with E-state index in [2.05, 4.69) is 13.8 Å². The summed E-state index contributed by atoms with van der Waals surface area (Å²) in [5.41, 5.74) is 6.77. The van der Waals surface area contributed by atoms with Gasteiger partial charge in [0.05, 0.1) is 5.02 Å². The third-order valence-electron chi connectivity index (χ3n) is 2.43. The predicted molar refractivity (Wildman–Crippen MR) is 62.4 cm³/mol. The van der Waals surface area contributed by atoms with Gasteiger partial charge in [-0.15, -0.1) is 0 Å². The van der Waals surface area contributed by atoms with Crippen molar-refractivity contribution in [2.45, 2.75) is 32.7 Å². The quantitative estimate of drug-likeness (QED) is 0.832. The Morgan fingerprint density at radius 1 is 1.33 bits per heavy atom. The van der Waals surface area contributed by atoms with Crippen molar-refractivity contribution in [2.24, 2.45) is 11.7 Å². The second-order valence-corrected chi connectivity index (χ2v) is 4.66. The van der Waals surface area contributed by atoms with Crippen LogP contribution in [0.25, 0.3) is 0 Å². The molecule has 0 spiro atoms. The zero-order chi connectivity index (χ0) is 11.4. The summed E-state index contributed by atoms with van der Waals surface area (Å²) in [7, 11) is 0. The van der Waals surface area contributed by atoms with Crippen molar-refractivity contribution in [2.75, 3.05) is 0 Å². The fourth-order valence-electron chi connectivity index (χ4n) is 1.42. The number of rotatable bonds is 4. The standard InChI is InChI=1S/C12H17ClFN/c1-8(2)3-6-12(15)9-4-5-10(13)11(14)7-9/h4-5,7-8,12H,3,6,15H2,1-2H3/t12-/m0/s1. The van der Waals surface area contributed by atoms with Gasteiger partial charge in [-0.1, -0.05) is 31.5 Å². The molecule has 0 aliphatic rings.